The van der Waals surface area contributed by atoms with Gasteiger partial charge >= 0.3 is 0 Å². The average Bonchev–Trinajstić information content (AvgIpc) is 2.97. The first-order chi connectivity index (χ1) is 13.6. The Kier molecular flexibility index (Phi) is 6.28. The summed E-state index contributed by atoms with van der Waals surface area (Å²) in [6.45, 7) is 5.06. The van der Waals surface area contributed by atoms with Gasteiger partial charge in [0.05, 0.1) is 34.4 Å². The molecule has 146 valence electrons. The van der Waals surface area contributed by atoms with E-state index in [0.717, 1.165) is 50.2 Å². The normalized spacial score (nSPS) is 19.9. The summed E-state index contributed by atoms with van der Waals surface area (Å²) >= 11 is 13.0. The summed E-state index contributed by atoms with van der Waals surface area (Å²) in [5, 5.41) is 1.57. The maximum atomic E-state index is 12.8. The zero-order chi connectivity index (χ0) is 19.5. The van der Waals surface area contributed by atoms with Crippen molar-refractivity contribution in [3.8, 4) is 0 Å². The molecule has 4 rings (SSSR count). The number of thioether (sulfide) groups is 1. The van der Waals surface area contributed by atoms with E-state index in [1.165, 1.54) is 11.8 Å². The lowest BCUT2D eigenvalue weighted by molar-refractivity contribution is -0.122. The molecule has 2 aliphatic heterocycles. The van der Waals surface area contributed by atoms with E-state index in [4.69, 9.17) is 28.6 Å². The highest BCUT2D eigenvalue weighted by Gasteiger charge is 2.31. The molecule has 2 aromatic rings. The number of aromatic nitrogens is 1. The third-order valence-corrected chi connectivity index (χ3v) is 6.49. The first-order valence-corrected chi connectivity index (χ1v) is 10.8. The number of fused-ring (bicyclic) bond motifs is 1. The summed E-state index contributed by atoms with van der Waals surface area (Å²) in [6.07, 6.45) is 2.69. The van der Waals surface area contributed by atoms with Crippen LogP contribution in [0.2, 0.25) is 5.02 Å². The van der Waals surface area contributed by atoms with Crippen molar-refractivity contribution in [3.63, 3.8) is 0 Å². The molecule has 28 heavy (non-hydrogen) atoms. The molecule has 8 heteroatoms. The van der Waals surface area contributed by atoms with Crippen LogP contribution in [0.1, 0.15) is 12.1 Å². The number of carbonyl (C=O) groups excluding carboxylic acids is 1. The van der Waals surface area contributed by atoms with E-state index in [0.29, 0.717) is 26.5 Å². The number of benzene rings is 1. The van der Waals surface area contributed by atoms with Gasteiger partial charge < -0.3 is 4.74 Å². The first-order valence-electron chi connectivity index (χ1n) is 9.22. The Bertz CT molecular complexity index is 944. The largest absolute Gasteiger partial charge is 0.379 e. The van der Waals surface area contributed by atoms with Crippen molar-refractivity contribution in [2.75, 3.05) is 39.4 Å². The number of pyridine rings is 1. The lowest BCUT2D eigenvalue weighted by Crippen LogP contribution is -2.38. The smallest absolute Gasteiger partial charge is 0.266 e. The minimum absolute atomic E-state index is 0.0435. The van der Waals surface area contributed by atoms with Crippen LogP contribution in [0.3, 0.4) is 0 Å². The summed E-state index contributed by atoms with van der Waals surface area (Å²) in [5.41, 5.74) is 1.44. The highest BCUT2D eigenvalue weighted by Crippen LogP contribution is 2.33. The van der Waals surface area contributed by atoms with E-state index >= 15 is 0 Å². The van der Waals surface area contributed by atoms with Crippen molar-refractivity contribution in [3.05, 3.63) is 46.0 Å². The molecule has 0 unspecified atom stereocenters. The molecular weight excluding hydrogens is 414 g/mol. The van der Waals surface area contributed by atoms with Crippen LogP contribution < -0.4 is 0 Å². The minimum atomic E-state index is -0.0435. The number of halogens is 1. The number of para-hydroxylation sites is 1. The van der Waals surface area contributed by atoms with Crippen molar-refractivity contribution < 1.29 is 9.53 Å². The summed E-state index contributed by atoms with van der Waals surface area (Å²) in [7, 11) is 0. The van der Waals surface area contributed by atoms with Gasteiger partial charge in [-0.3, -0.25) is 14.6 Å². The van der Waals surface area contributed by atoms with Crippen LogP contribution >= 0.6 is 35.6 Å². The van der Waals surface area contributed by atoms with E-state index in [1.807, 2.05) is 30.3 Å². The Labute approximate surface area is 178 Å². The Morgan fingerprint density at radius 1 is 1.21 bits per heavy atom. The topological polar surface area (TPSA) is 45.7 Å². The lowest BCUT2D eigenvalue weighted by Gasteiger charge is -2.27. The van der Waals surface area contributed by atoms with E-state index in [1.54, 1.807) is 11.0 Å². The molecule has 1 aromatic heterocycles. The lowest BCUT2D eigenvalue weighted by atomic mass is 10.2. The molecule has 0 aliphatic carbocycles. The third-order valence-electron chi connectivity index (χ3n) is 4.80. The molecule has 0 bridgehead atoms. The van der Waals surface area contributed by atoms with Crippen LogP contribution in [0, 0.1) is 0 Å². The van der Waals surface area contributed by atoms with Crippen LogP contribution in [-0.4, -0.2) is 64.4 Å². The van der Waals surface area contributed by atoms with Gasteiger partial charge in [0.25, 0.3) is 5.91 Å². The van der Waals surface area contributed by atoms with E-state index < -0.39 is 0 Å². The molecular formula is C20H20ClN3O2S2. The van der Waals surface area contributed by atoms with Crippen molar-refractivity contribution in [2.45, 2.75) is 6.42 Å². The number of carbonyl (C=O) groups is 1. The van der Waals surface area contributed by atoms with Crippen molar-refractivity contribution in [1.82, 2.24) is 14.8 Å². The van der Waals surface area contributed by atoms with Gasteiger partial charge in [0.1, 0.15) is 4.32 Å². The minimum Gasteiger partial charge on any atom is -0.379 e. The molecule has 2 fully saturated rings. The Morgan fingerprint density at radius 3 is 2.86 bits per heavy atom. The first kappa shape index (κ1) is 19.8. The summed E-state index contributed by atoms with van der Waals surface area (Å²) in [5.74, 6) is -0.0435. The molecule has 0 spiro atoms. The zero-order valence-electron chi connectivity index (χ0n) is 15.3. The number of ether oxygens (including phenoxy) is 1. The summed E-state index contributed by atoms with van der Waals surface area (Å²) < 4.78 is 5.97. The number of morpholine rings is 1. The quantitative estimate of drug-likeness (QED) is 0.527. The van der Waals surface area contributed by atoms with Crippen molar-refractivity contribution in [2.24, 2.45) is 0 Å². The molecule has 0 radical (unpaired) electrons. The Hall–Kier alpha value is -1.51. The van der Waals surface area contributed by atoms with E-state index in [-0.39, 0.29) is 5.91 Å². The molecule has 5 nitrogen and oxygen atoms in total. The monoisotopic (exact) mass is 433 g/mol. The molecule has 2 saturated heterocycles. The van der Waals surface area contributed by atoms with Gasteiger partial charge in [-0.15, -0.1) is 0 Å². The summed E-state index contributed by atoms with van der Waals surface area (Å²) in [4.78, 5) is 22.0. The number of hydrogen-bond acceptors (Lipinski definition) is 6. The van der Waals surface area contributed by atoms with Crippen LogP contribution in [-0.2, 0) is 9.53 Å². The van der Waals surface area contributed by atoms with Gasteiger partial charge in [-0.05, 0) is 24.6 Å². The fraction of sp³-hybridized carbons (Fsp3) is 0.350. The number of nitrogens with zero attached hydrogens (tertiary/aromatic N) is 3. The summed E-state index contributed by atoms with van der Waals surface area (Å²) in [6, 6.07) is 9.53. The SMILES string of the molecule is O=C1/C(=C\c2ccc3cccc(Cl)c3n2)SC(=S)N1CCCN1CCOCC1. The van der Waals surface area contributed by atoms with Crippen LogP contribution in [0.15, 0.2) is 35.2 Å². The highest BCUT2D eigenvalue weighted by molar-refractivity contribution is 8.26. The number of rotatable bonds is 5. The average molecular weight is 434 g/mol. The number of thiocarbonyl (C=S) groups is 1. The maximum absolute atomic E-state index is 12.8. The number of hydrogen-bond donors (Lipinski definition) is 0. The highest BCUT2D eigenvalue weighted by atomic mass is 35.5. The van der Waals surface area contributed by atoms with Gasteiger partial charge in [0.2, 0.25) is 0 Å². The molecule has 2 aliphatic rings. The molecule has 3 heterocycles. The van der Waals surface area contributed by atoms with Gasteiger partial charge in [-0.2, -0.15) is 0 Å². The Balaban J connectivity index is 1.43. The van der Waals surface area contributed by atoms with Crippen LogP contribution in [0.4, 0.5) is 0 Å². The molecule has 0 atom stereocenters. The predicted octanol–water partition coefficient (Wildman–Crippen LogP) is 3.81. The van der Waals surface area contributed by atoms with Gasteiger partial charge in [-0.1, -0.05) is 53.8 Å². The van der Waals surface area contributed by atoms with Crippen LogP contribution in [0.5, 0.6) is 0 Å². The Morgan fingerprint density at radius 2 is 2.04 bits per heavy atom. The van der Waals surface area contributed by atoms with Gasteiger partial charge in [-0.25, -0.2) is 4.98 Å². The zero-order valence-corrected chi connectivity index (χ0v) is 17.7. The second-order valence-electron chi connectivity index (χ2n) is 6.69. The van der Waals surface area contributed by atoms with E-state index in [9.17, 15) is 4.79 Å². The molecule has 1 aromatic carbocycles. The standard InChI is InChI=1S/C20H20ClN3O2S2/c21-16-4-1-3-14-5-6-15(22-18(14)16)13-17-19(25)24(20(27)28-17)8-2-7-23-9-11-26-12-10-23/h1,3-6,13H,2,7-12H2/b17-13+. The fourth-order valence-electron chi connectivity index (χ4n) is 3.31. The van der Waals surface area contributed by atoms with Crippen LogP contribution in [0.25, 0.3) is 17.0 Å². The molecule has 0 N–H and O–H groups in total. The molecule has 1 amide bonds. The predicted molar refractivity (Wildman–Crippen MR) is 119 cm³/mol. The third kappa shape index (κ3) is 4.39. The number of amides is 1. The second kappa shape index (κ2) is 8.88. The fourth-order valence-corrected chi connectivity index (χ4v) is 4.83. The maximum Gasteiger partial charge on any atom is 0.266 e. The second-order valence-corrected chi connectivity index (χ2v) is 8.77. The van der Waals surface area contributed by atoms with Gasteiger partial charge in [0.15, 0.2) is 0 Å². The van der Waals surface area contributed by atoms with Gasteiger partial charge in [0, 0.05) is 31.6 Å². The van der Waals surface area contributed by atoms with Crippen molar-refractivity contribution in [1.29, 1.82) is 0 Å². The van der Waals surface area contributed by atoms with Crippen molar-refractivity contribution >= 4 is 62.8 Å². The van der Waals surface area contributed by atoms with E-state index in [2.05, 4.69) is 9.88 Å². The molecule has 0 saturated carbocycles.